The van der Waals surface area contributed by atoms with Gasteiger partial charge in [0, 0.05) is 10.9 Å². The molecule has 6 nitrogen and oxygen atoms in total. The third-order valence-corrected chi connectivity index (χ3v) is 3.63. The minimum atomic E-state index is -0.486. The average Bonchev–Trinajstić information content (AvgIpc) is 3.23. The molecule has 7 heteroatoms. The number of aliphatic hydroxyl groups is 1. The molecule has 0 fully saturated rings. The van der Waals surface area contributed by atoms with Crippen molar-refractivity contribution in [3.8, 4) is 11.4 Å². The first-order valence-electron chi connectivity index (χ1n) is 6.48. The first-order chi connectivity index (χ1) is 10.8. The van der Waals surface area contributed by atoms with Gasteiger partial charge in [0.15, 0.2) is 6.61 Å². The Morgan fingerprint density at radius 2 is 2.09 bits per heavy atom. The normalized spacial score (nSPS) is 10.6. The Kier molecular flexibility index (Phi) is 4.27. The number of hydrogen-bond donors (Lipinski definition) is 1. The molecule has 0 radical (unpaired) electrons. The number of carbonyl (C=O) groups is 1. The largest absolute Gasteiger partial charge is 0.452 e. The molecule has 0 aliphatic rings. The highest BCUT2D eigenvalue weighted by molar-refractivity contribution is 7.08. The standard InChI is InChI=1S/C15H12N2O4S/c18-7-10-1-3-11(4-2-10)15(19)20-8-13-16-14(17-21-13)12-5-6-22-9-12/h1-6,9,18H,7-8H2. The fraction of sp³-hybridized carbons (Fsp3) is 0.133. The number of ether oxygens (including phenoxy) is 1. The van der Waals surface area contributed by atoms with E-state index in [1.807, 2.05) is 16.8 Å². The molecule has 112 valence electrons. The summed E-state index contributed by atoms with van der Waals surface area (Å²) < 4.78 is 10.2. The van der Waals surface area contributed by atoms with Gasteiger partial charge in [0.25, 0.3) is 5.89 Å². The molecule has 0 spiro atoms. The van der Waals surface area contributed by atoms with Crippen LogP contribution in [0.4, 0.5) is 0 Å². The van der Waals surface area contributed by atoms with Crippen molar-refractivity contribution >= 4 is 17.3 Å². The van der Waals surface area contributed by atoms with Crippen molar-refractivity contribution in [3.63, 3.8) is 0 Å². The summed E-state index contributed by atoms with van der Waals surface area (Å²) in [6, 6.07) is 8.40. The van der Waals surface area contributed by atoms with Gasteiger partial charge in [-0.15, -0.1) is 0 Å². The maximum atomic E-state index is 11.9. The van der Waals surface area contributed by atoms with E-state index in [1.54, 1.807) is 24.3 Å². The van der Waals surface area contributed by atoms with Crippen LogP contribution in [0.2, 0.25) is 0 Å². The molecule has 0 amide bonds. The lowest BCUT2D eigenvalue weighted by Gasteiger charge is -2.02. The molecule has 3 rings (SSSR count). The van der Waals surface area contributed by atoms with Crippen LogP contribution in [0, 0.1) is 0 Å². The van der Waals surface area contributed by atoms with Crippen LogP contribution in [0.25, 0.3) is 11.4 Å². The molecule has 0 aliphatic carbocycles. The van der Waals surface area contributed by atoms with Crippen molar-refractivity contribution in [2.45, 2.75) is 13.2 Å². The van der Waals surface area contributed by atoms with Gasteiger partial charge in [0.1, 0.15) is 0 Å². The van der Waals surface area contributed by atoms with Gasteiger partial charge in [0.05, 0.1) is 12.2 Å². The number of carbonyl (C=O) groups excluding carboxylic acids is 1. The van der Waals surface area contributed by atoms with Gasteiger partial charge in [-0.25, -0.2) is 4.79 Å². The van der Waals surface area contributed by atoms with E-state index < -0.39 is 5.97 Å². The molecule has 1 N–H and O–H groups in total. The van der Waals surface area contributed by atoms with E-state index in [0.29, 0.717) is 11.4 Å². The van der Waals surface area contributed by atoms with Gasteiger partial charge < -0.3 is 14.4 Å². The number of esters is 1. The number of hydrogen-bond acceptors (Lipinski definition) is 7. The highest BCUT2D eigenvalue weighted by Gasteiger charge is 2.12. The summed E-state index contributed by atoms with van der Waals surface area (Å²) >= 11 is 1.54. The lowest BCUT2D eigenvalue weighted by molar-refractivity contribution is 0.0429. The van der Waals surface area contributed by atoms with Crippen LogP contribution in [-0.2, 0) is 18.0 Å². The molecule has 0 saturated heterocycles. The zero-order valence-corrected chi connectivity index (χ0v) is 12.2. The lowest BCUT2D eigenvalue weighted by atomic mass is 10.1. The quantitative estimate of drug-likeness (QED) is 0.728. The maximum absolute atomic E-state index is 11.9. The molecule has 0 saturated carbocycles. The number of nitrogens with zero attached hydrogens (tertiary/aromatic N) is 2. The van der Waals surface area contributed by atoms with Crippen LogP contribution < -0.4 is 0 Å². The molecule has 1 aromatic carbocycles. The highest BCUT2D eigenvalue weighted by Crippen LogP contribution is 2.19. The van der Waals surface area contributed by atoms with Crippen LogP contribution >= 0.6 is 11.3 Å². The van der Waals surface area contributed by atoms with Crippen molar-refractivity contribution in [2.24, 2.45) is 0 Å². The summed E-state index contributed by atoms with van der Waals surface area (Å²) in [5, 5.41) is 16.6. The van der Waals surface area contributed by atoms with E-state index in [2.05, 4.69) is 10.1 Å². The summed E-state index contributed by atoms with van der Waals surface area (Å²) in [4.78, 5) is 16.0. The second-order valence-electron chi connectivity index (χ2n) is 4.45. The van der Waals surface area contributed by atoms with Crippen molar-refractivity contribution in [1.29, 1.82) is 0 Å². The van der Waals surface area contributed by atoms with Crippen LogP contribution in [0.15, 0.2) is 45.6 Å². The van der Waals surface area contributed by atoms with Gasteiger partial charge in [-0.2, -0.15) is 16.3 Å². The third kappa shape index (κ3) is 3.21. The summed E-state index contributed by atoms with van der Waals surface area (Å²) in [5.74, 6) is 0.223. The Balaban J connectivity index is 1.61. The molecule has 2 aromatic heterocycles. The minimum absolute atomic E-state index is 0.0668. The topological polar surface area (TPSA) is 85.5 Å². The molecule has 0 unspecified atom stereocenters. The van der Waals surface area contributed by atoms with Gasteiger partial charge in [0.2, 0.25) is 5.82 Å². The summed E-state index contributed by atoms with van der Waals surface area (Å²) in [6.07, 6.45) is 0. The van der Waals surface area contributed by atoms with E-state index >= 15 is 0 Å². The molecule has 2 heterocycles. The van der Waals surface area contributed by atoms with E-state index in [4.69, 9.17) is 14.4 Å². The SMILES string of the molecule is O=C(OCc1nc(-c2ccsc2)no1)c1ccc(CO)cc1. The minimum Gasteiger partial charge on any atom is -0.452 e. The zero-order chi connectivity index (χ0) is 15.4. The Bertz CT molecular complexity index is 750. The first-order valence-corrected chi connectivity index (χ1v) is 7.42. The second kappa shape index (κ2) is 6.50. The van der Waals surface area contributed by atoms with Crippen LogP contribution in [-0.4, -0.2) is 21.2 Å². The number of aromatic nitrogens is 2. The molecule has 0 atom stereocenters. The monoisotopic (exact) mass is 316 g/mol. The molecular weight excluding hydrogens is 304 g/mol. The first kappa shape index (κ1) is 14.4. The van der Waals surface area contributed by atoms with E-state index in [0.717, 1.165) is 11.1 Å². The van der Waals surface area contributed by atoms with E-state index in [1.165, 1.54) is 11.3 Å². The number of rotatable bonds is 5. The molecule has 0 aliphatic heterocycles. The van der Waals surface area contributed by atoms with Gasteiger partial charge in [-0.3, -0.25) is 0 Å². The van der Waals surface area contributed by atoms with E-state index in [-0.39, 0.29) is 19.1 Å². The summed E-state index contributed by atoms with van der Waals surface area (Å²) in [5.41, 5.74) is 1.99. The predicted molar refractivity (Wildman–Crippen MR) is 79.1 cm³/mol. The molecule has 0 bridgehead atoms. The molecular formula is C15H12N2O4S. The number of thiophene rings is 1. The van der Waals surface area contributed by atoms with Crippen molar-refractivity contribution in [1.82, 2.24) is 10.1 Å². The second-order valence-corrected chi connectivity index (χ2v) is 5.23. The molecule has 3 aromatic rings. The fourth-order valence-corrected chi connectivity index (χ4v) is 2.41. The zero-order valence-electron chi connectivity index (χ0n) is 11.4. The van der Waals surface area contributed by atoms with Crippen LogP contribution in [0.5, 0.6) is 0 Å². The van der Waals surface area contributed by atoms with Gasteiger partial charge >= 0.3 is 5.97 Å². The van der Waals surface area contributed by atoms with Crippen molar-refractivity contribution in [2.75, 3.05) is 0 Å². The van der Waals surface area contributed by atoms with Gasteiger partial charge in [-0.1, -0.05) is 17.3 Å². The Labute approximate surface area is 130 Å². The average molecular weight is 316 g/mol. The number of benzene rings is 1. The smallest absolute Gasteiger partial charge is 0.338 e. The number of aliphatic hydroxyl groups excluding tert-OH is 1. The Hall–Kier alpha value is -2.51. The van der Waals surface area contributed by atoms with Crippen molar-refractivity contribution < 1.29 is 19.2 Å². The van der Waals surface area contributed by atoms with Crippen molar-refractivity contribution in [3.05, 3.63) is 58.1 Å². The maximum Gasteiger partial charge on any atom is 0.338 e. The van der Waals surface area contributed by atoms with Gasteiger partial charge in [-0.05, 0) is 29.1 Å². The van der Waals surface area contributed by atoms with E-state index in [9.17, 15) is 4.79 Å². The third-order valence-electron chi connectivity index (χ3n) is 2.95. The highest BCUT2D eigenvalue weighted by atomic mass is 32.1. The predicted octanol–water partition coefficient (Wildman–Crippen LogP) is 2.65. The summed E-state index contributed by atoms with van der Waals surface area (Å²) in [7, 11) is 0. The lowest BCUT2D eigenvalue weighted by Crippen LogP contribution is -2.05. The van der Waals surface area contributed by atoms with Crippen LogP contribution in [0.1, 0.15) is 21.8 Å². The molecule has 22 heavy (non-hydrogen) atoms. The fourth-order valence-electron chi connectivity index (χ4n) is 1.78. The summed E-state index contributed by atoms with van der Waals surface area (Å²) in [6.45, 7) is -0.152. The Morgan fingerprint density at radius 1 is 1.27 bits per heavy atom. The van der Waals surface area contributed by atoms with Crippen LogP contribution in [0.3, 0.4) is 0 Å². The Morgan fingerprint density at radius 3 is 2.77 bits per heavy atom.